The Balaban J connectivity index is 1.73. The highest BCUT2D eigenvalue weighted by Crippen LogP contribution is 2.30. The highest BCUT2D eigenvalue weighted by Gasteiger charge is 2.10. The number of nitrogens with one attached hydrogen (secondary N) is 2. The topological polar surface area (TPSA) is 54.0 Å². The summed E-state index contributed by atoms with van der Waals surface area (Å²) in [6.45, 7) is 0. The van der Waals surface area contributed by atoms with Gasteiger partial charge in [-0.05, 0) is 35.7 Å². The molecule has 1 aromatic heterocycles. The number of pyridine rings is 1. The van der Waals surface area contributed by atoms with Gasteiger partial charge in [-0.15, -0.1) is 0 Å². The zero-order chi connectivity index (χ0) is 17.2. The molecule has 5 heteroatoms. The first-order valence-electron chi connectivity index (χ1n) is 7.82. The predicted octanol–water partition coefficient (Wildman–Crippen LogP) is 4.91. The van der Waals surface area contributed by atoms with E-state index in [4.69, 9.17) is 0 Å². The van der Waals surface area contributed by atoms with Crippen molar-refractivity contribution in [2.24, 2.45) is 0 Å². The molecule has 2 N–H and O–H groups in total. The van der Waals surface area contributed by atoms with Gasteiger partial charge in [-0.2, -0.15) is 0 Å². The molecule has 0 atom stereocenters. The lowest BCUT2D eigenvalue weighted by Gasteiger charge is -2.12. The molecule has 25 heavy (non-hydrogen) atoms. The monoisotopic (exact) mass is 391 g/mol. The number of benzene rings is 3. The largest absolute Gasteiger partial charge is 0.281 e. The molecule has 1 amide bonds. The Kier molecular flexibility index (Phi) is 4.07. The molecule has 0 spiro atoms. The van der Waals surface area contributed by atoms with E-state index in [2.05, 4.69) is 43.9 Å². The molecule has 122 valence electrons. The van der Waals surface area contributed by atoms with Crippen molar-refractivity contribution < 1.29 is 4.79 Å². The maximum Gasteiger partial charge on any atom is 0.269 e. The molecule has 0 radical (unpaired) electrons. The number of hydrogen-bond donors (Lipinski definition) is 2. The molecule has 4 nitrogen and oxygen atoms in total. The standard InChI is InChI=1S/C20H14BrN3O/c21-14-10-11-18-17(12-14)15-8-4-5-9-16(15)19(22-18)23-24-20(25)13-6-2-1-3-7-13/h1-12H,(H,22,23)(H,24,25). The molecular formula is C20H14BrN3O. The number of anilines is 1. The van der Waals surface area contributed by atoms with Crippen molar-refractivity contribution in [3.8, 4) is 0 Å². The first-order chi connectivity index (χ1) is 12.2. The van der Waals surface area contributed by atoms with Crippen LogP contribution >= 0.6 is 15.9 Å². The maximum atomic E-state index is 12.3. The minimum atomic E-state index is -0.206. The van der Waals surface area contributed by atoms with Crippen LogP contribution < -0.4 is 10.9 Å². The molecule has 0 aliphatic rings. The van der Waals surface area contributed by atoms with E-state index in [0.29, 0.717) is 11.4 Å². The Morgan fingerprint density at radius 3 is 2.36 bits per heavy atom. The zero-order valence-electron chi connectivity index (χ0n) is 13.2. The third-order valence-electron chi connectivity index (χ3n) is 3.99. The van der Waals surface area contributed by atoms with E-state index >= 15 is 0 Å². The minimum Gasteiger partial charge on any atom is -0.281 e. The summed E-state index contributed by atoms with van der Waals surface area (Å²) in [4.78, 5) is 16.9. The van der Waals surface area contributed by atoms with E-state index in [1.54, 1.807) is 12.1 Å². The number of amides is 1. The fourth-order valence-corrected chi connectivity index (χ4v) is 3.16. The van der Waals surface area contributed by atoms with E-state index < -0.39 is 0 Å². The minimum absolute atomic E-state index is 0.206. The van der Waals surface area contributed by atoms with Gasteiger partial charge < -0.3 is 0 Å². The number of hydrogen-bond acceptors (Lipinski definition) is 3. The second-order valence-electron chi connectivity index (χ2n) is 5.61. The molecule has 1 heterocycles. The van der Waals surface area contributed by atoms with Crippen molar-refractivity contribution >= 4 is 49.3 Å². The summed E-state index contributed by atoms with van der Waals surface area (Å²) >= 11 is 3.51. The van der Waals surface area contributed by atoms with Crippen LogP contribution in [0.3, 0.4) is 0 Å². The lowest BCUT2D eigenvalue weighted by molar-refractivity contribution is 0.0962. The van der Waals surface area contributed by atoms with E-state index in [0.717, 1.165) is 26.1 Å². The molecular weight excluding hydrogens is 378 g/mol. The second kappa shape index (κ2) is 6.53. The van der Waals surface area contributed by atoms with Gasteiger partial charge in [0.25, 0.3) is 5.91 Å². The molecule has 0 unspecified atom stereocenters. The Morgan fingerprint density at radius 2 is 1.56 bits per heavy atom. The average molecular weight is 392 g/mol. The summed E-state index contributed by atoms with van der Waals surface area (Å²) in [5.74, 6) is 0.414. The van der Waals surface area contributed by atoms with Crippen molar-refractivity contribution in [2.45, 2.75) is 0 Å². The number of hydrazine groups is 1. The highest BCUT2D eigenvalue weighted by atomic mass is 79.9. The van der Waals surface area contributed by atoms with Crippen LogP contribution in [0, 0.1) is 0 Å². The van der Waals surface area contributed by atoms with Gasteiger partial charge in [-0.25, -0.2) is 4.98 Å². The van der Waals surface area contributed by atoms with Gasteiger partial charge in [0.05, 0.1) is 5.52 Å². The quantitative estimate of drug-likeness (QED) is 0.385. The summed E-state index contributed by atoms with van der Waals surface area (Å²) in [5.41, 5.74) is 7.14. The van der Waals surface area contributed by atoms with Gasteiger partial charge in [-0.1, -0.05) is 58.4 Å². The number of aromatic nitrogens is 1. The molecule has 4 aromatic rings. The molecule has 0 aliphatic carbocycles. The van der Waals surface area contributed by atoms with Gasteiger partial charge in [0, 0.05) is 20.8 Å². The summed E-state index contributed by atoms with van der Waals surface area (Å²) in [6, 6.07) is 23.0. The number of nitrogens with zero attached hydrogens (tertiary/aromatic N) is 1. The van der Waals surface area contributed by atoms with Crippen molar-refractivity contribution in [2.75, 3.05) is 5.43 Å². The molecule has 0 bridgehead atoms. The molecule has 0 saturated carbocycles. The third-order valence-corrected chi connectivity index (χ3v) is 4.49. The number of carbonyl (C=O) groups excluding carboxylic acids is 1. The molecule has 0 fully saturated rings. The van der Waals surface area contributed by atoms with E-state index in [1.807, 2.05) is 48.5 Å². The summed E-state index contributed by atoms with van der Waals surface area (Å²) < 4.78 is 1.00. The number of rotatable bonds is 3. The lowest BCUT2D eigenvalue weighted by Crippen LogP contribution is -2.29. The number of fused-ring (bicyclic) bond motifs is 3. The van der Waals surface area contributed by atoms with Crippen LogP contribution in [0.25, 0.3) is 21.7 Å². The predicted molar refractivity (Wildman–Crippen MR) is 104 cm³/mol. The molecule has 3 aromatic carbocycles. The van der Waals surface area contributed by atoms with Crippen molar-refractivity contribution in [3.63, 3.8) is 0 Å². The van der Waals surface area contributed by atoms with E-state index in [1.165, 1.54) is 0 Å². The van der Waals surface area contributed by atoms with E-state index in [9.17, 15) is 4.79 Å². The lowest BCUT2D eigenvalue weighted by atomic mass is 10.1. The highest BCUT2D eigenvalue weighted by molar-refractivity contribution is 9.10. The van der Waals surface area contributed by atoms with Crippen LogP contribution in [0.5, 0.6) is 0 Å². The molecule has 0 aliphatic heterocycles. The van der Waals surface area contributed by atoms with Crippen LogP contribution in [0.1, 0.15) is 10.4 Å². The number of carbonyl (C=O) groups is 1. The van der Waals surface area contributed by atoms with Crippen molar-refractivity contribution in [1.29, 1.82) is 0 Å². The summed E-state index contributed by atoms with van der Waals surface area (Å²) in [6.07, 6.45) is 0. The normalized spacial score (nSPS) is 10.8. The van der Waals surface area contributed by atoms with Crippen molar-refractivity contribution in [1.82, 2.24) is 10.4 Å². The van der Waals surface area contributed by atoms with Gasteiger partial charge >= 0.3 is 0 Å². The third kappa shape index (κ3) is 3.06. The van der Waals surface area contributed by atoms with Crippen LogP contribution in [-0.4, -0.2) is 10.9 Å². The van der Waals surface area contributed by atoms with Gasteiger partial charge in [0.1, 0.15) is 0 Å². The van der Waals surface area contributed by atoms with Gasteiger partial charge in [0.2, 0.25) is 0 Å². The molecule has 0 saturated heterocycles. The van der Waals surface area contributed by atoms with Crippen molar-refractivity contribution in [3.05, 3.63) is 82.8 Å². The van der Waals surface area contributed by atoms with Crippen LogP contribution in [-0.2, 0) is 0 Å². The molecule has 4 rings (SSSR count). The van der Waals surface area contributed by atoms with Crippen LogP contribution in [0.15, 0.2) is 77.3 Å². The smallest absolute Gasteiger partial charge is 0.269 e. The maximum absolute atomic E-state index is 12.3. The average Bonchev–Trinajstić information content (AvgIpc) is 2.67. The van der Waals surface area contributed by atoms with Gasteiger partial charge in [0.15, 0.2) is 5.82 Å². The van der Waals surface area contributed by atoms with Crippen LogP contribution in [0.2, 0.25) is 0 Å². The Labute approximate surface area is 153 Å². The first-order valence-corrected chi connectivity index (χ1v) is 8.61. The summed E-state index contributed by atoms with van der Waals surface area (Å²) in [5, 5.41) is 3.08. The summed E-state index contributed by atoms with van der Waals surface area (Å²) in [7, 11) is 0. The van der Waals surface area contributed by atoms with Gasteiger partial charge in [-0.3, -0.25) is 15.6 Å². The second-order valence-corrected chi connectivity index (χ2v) is 6.53. The Bertz CT molecular complexity index is 1080. The fourth-order valence-electron chi connectivity index (χ4n) is 2.80. The fraction of sp³-hybridized carbons (Fsp3) is 0. The van der Waals surface area contributed by atoms with Crippen LogP contribution in [0.4, 0.5) is 5.82 Å². The SMILES string of the molecule is O=C(NNc1nc2ccc(Br)cc2c2ccccc12)c1ccccc1. The Morgan fingerprint density at radius 1 is 0.840 bits per heavy atom. The van der Waals surface area contributed by atoms with E-state index in [-0.39, 0.29) is 5.91 Å². The first kappa shape index (κ1) is 15.6. The number of halogens is 1. The zero-order valence-corrected chi connectivity index (χ0v) is 14.7. The Hall–Kier alpha value is -2.92.